The first-order chi connectivity index (χ1) is 10.6. The van der Waals surface area contributed by atoms with Crippen LogP contribution >= 0.6 is 11.3 Å². The summed E-state index contributed by atoms with van der Waals surface area (Å²) in [7, 11) is 1.93. The van der Waals surface area contributed by atoms with E-state index in [4.69, 9.17) is 0 Å². The van der Waals surface area contributed by atoms with Crippen molar-refractivity contribution in [1.82, 2.24) is 14.5 Å². The second-order valence-corrected chi connectivity index (χ2v) is 6.25. The minimum absolute atomic E-state index is 0.158. The van der Waals surface area contributed by atoms with Crippen molar-refractivity contribution in [3.63, 3.8) is 0 Å². The van der Waals surface area contributed by atoms with Gasteiger partial charge in [-0.05, 0) is 37.6 Å². The summed E-state index contributed by atoms with van der Waals surface area (Å²) in [5.41, 5.74) is 1.08. The fraction of sp³-hybridized carbons (Fsp3) is 0.312. The highest BCUT2D eigenvalue weighted by molar-refractivity contribution is 7.10. The molecule has 2 aromatic heterocycles. The first-order valence-electron chi connectivity index (χ1n) is 7.05. The fourth-order valence-corrected chi connectivity index (χ4v) is 3.38. The molecule has 2 heterocycles. The lowest BCUT2D eigenvalue weighted by Crippen LogP contribution is -2.23. The van der Waals surface area contributed by atoms with Crippen molar-refractivity contribution in [2.24, 2.45) is 0 Å². The molecule has 0 aliphatic carbocycles. The number of aromatic nitrogens is 2. The predicted octanol–water partition coefficient (Wildman–Crippen LogP) is 4.69. The van der Waals surface area contributed by atoms with Crippen LogP contribution in [0.15, 0.2) is 41.8 Å². The first kappa shape index (κ1) is 15.1. The van der Waals surface area contributed by atoms with Gasteiger partial charge in [0.2, 0.25) is 0 Å². The molecule has 0 aliphatic rings. The average Bonchev–Trinajstić information content (AvgIpc) is 3.13. The van der Waals surface area contributed by atoms with E-state index in [2.05, 4.69) is 18.0 Å². The molecule has 0 N–H and O–H groups in total. The van der Waals surface area contributed by atoms with E-state index < -0.39 is 6.55 Å². The number of hydrogen-bond acceptors (Lipinski definition) is 3. The molecule has 0 fully saturated rings. The van der Waals surface area contributed by atoms with Crippen LogP contribution in [-0.4, -0.2) is 21.5 Å². The maximum Gasteiger partial charge on any atom is 0.320 e. The van der Waals surface area contributed by atoms with E-state index >= 15 is 0 Å². The maximum absolute atomic E-state index is 13.4. The summed E-state index contributed by atoms with van der Waals surface area (Å²) < 4.78 is 27.9. The summed E-state index contributed by atoms with van der Waals surface area (Å²) in [5, 5.41) is 2.02. The largest absolute Gasteiger partial charge is 0.320 e. The molecule has 1 aromatic carbocycles. The number of fused-ring (bicyclic) bond motifs is 1. The Bertz CT molecular complexity index is 752. The zero-order valence-corrected chi connectivity index (χ0v) is 13.2. The number of thiophene rings is 1. The van der Waals surface area contributed by atoms with E-state index in [1.165, 1.54) is 4.88 Å². The molecule has 0 saturated heterocycles. The monoisotopic (exact) mass is 321 g/mol. The van der Waals surface area contributed by atoms with Crippen molar-refractivity contribution in [3.8, 4) is 0 Å². The molecule has 0 amide bonds. The number of nitrogens with zero attached hydrogens (tertiary/aromatic N) is 3. The molecular weight excluding hydrogens is 304 g/mol. The standard InChI is InChI=1S/C16H17F2N3S/c1-11(14-8-5-9-22-14)20(2)10-15-19-12-6-3-4-7-13(12)21(15)16(17)18/h3-9,11,16H,10H2,1-2H3. The quantitative estimate of drug-likeness (QED) is 0.680. The van der Waals surface area contributed by atoms with Gasteiger partial charge in [-0.2, -0.15) is 8.78 Å². The van der Waals surface area contributed by atoms with E-state index in [1.807, 2.05) is 29.5 Å². The zero-order chi connectivity index (χ0) is 15.7. The van der Waals surface area contributed by atoms with Crippen LogP contribution < -0.4 is 0 Å². The number of rotatable bonds is 5. The molecule has 0 spiro atoms. The van der Waals surface area contributed by atoms with Gasteiger partial charge in [-0.3, -0.25) is 9.47 Å². The van der Waals surface area contributed by atoms with Crippen LogP contribution in [0.4, 0.5) is 8.78 Å². The Morgan fingerprint density at radius 3 is 2.68 bits per heavy atom. The smallest absolute Gasteiger partial charge is 0.291 e. The zero-order valence-electron chi connectivity index (χ0n) is 12.4. The number of hydrogen-bond donors (Lipinski definition) is 0. The third-order valence-corrected chi connectivity index (χ3v) is 4.91. The van der Waals surface area contributed by atoms with E-state index in [1.54, 1.807) is 29.5 Å². The molecule has 116 valence electrons. The van der Waals surface area contributed by atoms with Crippen LogP contribution in [0.2, 0.25) is 0 Å². The number of para-hydroxylation sites is 2. The Morgan fingerprint density at radius 1 is 1.23 bits per heavy atom. The van der Waals surface area contributed by atoms with Gasteiger partial charge in [0.1, 0.15) is 5.82 Å². The van der Waals surface area contributed by atoms with Crippen molar-refractivity contribution >= 4 is 22.4 Å². The summed E-state index contributed by atoms with van der Waals surface area (Å²) in [4.78, 5) is 7.63. The van der Waals surface area contributed by atoms with Crippen LogP contribution in [0.3, 0.4) is 0 Å². The molecular formula is C16H17F2N3S. The van der Waals surface area contributed by atoms with Gasteiger partial charge in [-0.25, -0.2) is 4.98 Å². The summed E-state index contributed by atoms with van der Waals surface area (Å²) in [6.07, 6.45) is 0. The van der Waals surface area contributed by atoms with Crippen LogP contribution in [0.5, 0.6) is 0 Å². The molecule has 1 atom stereocenters. The summed E-state index contributed by atoms with van der Waals surface area (Å²) in [6, 6.07) is 11.2. The third-order valence-electron chi connectivity index (χ3n) is 3.87. The molecule has 0 bridgehead atoms. The van der Waals surface area contributed by atoms with Gasteiger partial charge in [0.25, 0.3) is 0 Å². The molecule has 22 heavy (non-hydrogen) atoms. The molecule has 3 rings (SSSR count). The topological polar surface area (TPSA) is 21.1 Å². The van der Waals surface area contributed by atoms with Gasteiger partial charge in [0.15, 0.2) is 0 Å². The second-order valence-electron chi connectivity index (χ2n) is 5.27. The van der Waals surface area contributed by atoms with E-state index in [9.17, 15) is 8.78 Å². The Hall–Kier alpha value is -1.79. The minimum atomic E-state index is -2.59. The van der Waals surface area contributed by atoms with Crippen molar-refractivity contribution in [2.45, 2.75) is 26.1 Å². The molecule has 3 aromatic rings. The summed E-state index contributed by atoms with van der Waals surface area (Å²) in [6.45, 7) is -0.146. The Kier molecular flexibility index (Phi) is 4.22. The lowest BCUT2D eigenvalue weighted by Gasteiger charge is -2.23. The summed E-state index contributed by atoms with van der Waals surface area (Å²) in [5.74, 6) is 0.391. The number of benzene rings is 1. The molecule has 0 saturated carbocycles. The van der Waals surface area contributed by atoms with Crippen LogP contribution in [-0.2, 0) is 6.54 Å². The summed E-state index contributed by atoms with van der Waals surface area (Å²) >= 11 is 1.67. The Balaban J connectivity index is 1.91. The SMILES string of the molecule is CC(c1cccs1)N(C)Cc1nc2ccccc2n1C(F)F. The first-order valence-corrected chi connectivity index (χ1v) is 7.93. The number of alkyl halides is 2. The normalized spacial score (nSPS) is 13.4. The maximum atomic E-state index is 13.4. The van der Waals surface area contributed by atoms with Gasteiger partial charge >= 0.3 is 6.55 Å². The minimum Gasteiger partial charge on any atom is -0.291 e. The predicted molar refractivity (Wildman–Crippen MR) is 85.2 cm³/mol. The highest BCUT2D eigenvalue weighted by Crippen LogP contribution is 2.27. The average molecular weight is 321 g/mol. The van der Waals surface area contributed by atoms with Gasteiger partial charge in [0, 0.05) is 10.9 Å². The number of halogens is 2. The molecule has 3 nitrogen and oxygen atoms in total. The lowest BCUT2D eigenvalue weighted by molar-refractivity contribution is 0.0681. The van der Waals surface area contributed by atoms with Crippen molar-refractivity contribution < 1.29 is 8.78 Å². The molecule has 0 radical (unpaired) electrons. The number of imidazole rings is 1. The molecule has 6 heteroatoms. The van der Waals surface area contributed by atoms with Gasteiger partial charge in [-0.1, -0.05) is 18.2 Å². The Labute approximate surface area is 131 Å². The van der Waals surface area contributed by atoms with Gasteiger partial charge in [0.05, 0.1) is 17.6 Å². The Morgan fingerprint density at radius 2 is 2.00 bits per heavy atom. The fourth-order valence-electron chi connectivity index (χ4n) is 2.53. The molecule has 1 unspecified atom stereocenters. The highest BCUT2D eigenvalue weighted by Gasteiger charge is 2.21. The highest BCUT2D eigenvalue weighted by atomic mass is 32.1. The van der Waals surface area contributed by atoms with Crippen molar-refractivity contribution in [1.29, 1.82) is 0 Å². The van der Waals surface area contributed by atoms with Crippen LogP contribution in [0.1, 0.15) is 30.2 Å². The van der Waals surface area contributed by atoms with E-state index in [-0.39, 0.29) is 6.04 Å². The second kappa shape index (κ2) is 6.14. The van der Waals surface area contributed by atoms with E-state index in [0.717, 1.165) is 4.57 Å². The molecule has 0 aliphatic heterocycles. The van der Waals surface area contributed by atoms with Gasteiger partial charge in [-0.15, -0.1) is 11.3 Å². The van der Waals surface area contributed by atoms with E-state index in [0.29, 0.717) is 23.4 Å². The van der Waals surface area contributed by atoms with Crippen molar-refractivity contribution in [2.75, 3.05) is 7.05 Å². The third kappa shape index (κ3) is 2.76. The van der Waals surface area contributed by atoms with Crippen molar-refractivity contribution in [3.05, 3.63) is 52.5 Å². The van der Waals surface area contributed by atoms with Gasteiger partial charge < -0.3 is 0 Å². The van der Waals surface area contributed by atoms with Crippen LogP contribution in [0.25, 0.3) is 11.0 Å². The van der Waals surface area contributed by atoms with Crippen LogP contribution in [0, 0.1) is 0 Å². The lowest BCUT2D eigenvalue weighted by atomic mass is 10.2.